The van der Waals surface area contributed by atoms with Crippen molar-refractivity contribution in [3.63, 3.8) is 0 Å². The molecule has 4 heterocycles. The number of hydrogen-bond donors (Lipinski definition) is 3. The van der Waals surface area contributed by atoms with Crippen LogP contribution >= 0.6 is 0 Å². The second kappa shape index (κ2) is 5.46. The van der Waals surface area contributed by atoms with Crippen LogP contribution in [0.15, 0.2) is 30.9 Å². The maximum atomic E-state index is 4.48. The van der Waals surface area contributed by atoms with Gasteiger partial charge in [-0.3, -0.25) is 5.10 Å². The largest absolute Gasteiger partial charge is 0.369 e. The highest BCUT2D eigenvalue weighted by Gasteiger charge is 2.22. The van der Waals surface area contributed by atoms with E-state index in [-0.39, 0.29) is 0 Å². The Morgan fingerprint density at radius 3 is 3.14 bits per heavy atom. The van der Waals surface area contributed by atoms with Crippen LogP contribution in [0.1, 0.15) is 12.8 Å². The minimum absolute atomic E-state index is 0.549. The lowest BCUT2D eigenvalue weighted by molar-refractivity contribution is 0.450. The van der Waals surface area contributed by atoms with Crippen molar-refractivity contribution in [2.24, 2.45) is 0 Å². The Hall–Kier alpha value is -2.34. The monoisotopic (exact) mass is 296 g/mol. The lowest BCUT2D eigenvalue weighted by Crippen LogP contribution is -2.44. The molecular weight excluding hydrogens is 276 g/mol. The Labute approximate surface area is 128 Å². The molecule has 3 aromatic rings. The van der Waals surface area contributed by atoms with E-state index in [1.165, 1.54) is 23.9 Å². The highest BCUT2D eigenvalue weighted by Crippen LogP contribution is 2.35. The summed E-state index contributed by atoms with van der Waals surface area (Å²) in [6.45, 7) is 2.12. The number of rotatable bonds is 3. The van der Waals surface area contributed by atoms with Gasteiger partial charge in [0.15, 0.2) is 0 Å². The summed E-state index contributed by atoms with van der Waals surface area (Å²) < 4.78 is 0. The van der Waals surface area contributed by atoms with Crippen LogP contribution in [-0.4, -0.2) is 46.3 Å². The summed E-state index contributed by atoms with van der Waals surface area (Å²) in [4.78, 5) is 10.2. The van der Waals surface area contributed by atoms with Gasteiger partial charge in [-0.2, -0.15) is 5.10 Å². The van der Waals surface area contributed by atoms with E-state index < -0.39 is 0 Å². The van der Waals surface area contributed by atoms with Gasteiger partial charge >= 0.3 is 0 Å². The number of aromatic amines is 2. The molecule has 0 radical (unpaired) electrons. The molecule has 0 aliphatic carbocycles. The smallest absolute Gasteiger partial charge is 0.139 e. The van der Waals surface area contributed by atoms with Crippen LogP contribution in [0, 0.1) is 0 Å². The molecule has 3 N–H and O–H groups in total. The minimum Gasteiger partial charge on any atom is -0.369 e. The van der Waals surface area contributed by atoms with E-state index in [1.54, 1.807) is 0 Å². The Morgan fingerprint density at radius 1 is 1.36 bits per heavy atom. The van der Waals surface area contributed by atoms with Gasteiger partial charge in [0.25, 0.3) is 0 Å². The van der Waals surface area contributed by atoms with Gasteiger partial charge in [0.2, 0.25) is 0 Å². The maximum absolute atomic E-state index is 4.48. The molecule has 6 nitrogen and oxygen atoms in total. The third-order valence-electron chi connectivity index (χ3n) is 4.53. The van der Waals surface area contributed by atoms with E-state index in [1.807, 2.05) is 31.8 Å². The van der Waals surface area contributed by atoms with Crippen molar-refractivity contribution in [2.45, 2.75) is 18.9 Å². The lowest BCUT2D eigenvalue weighted by atomic mass is 10.0. The van der Waals surface area contributed by atoms with Gasteiger partial charge < -0.3 is 15.2 Å². The molecule has 0 unspecified atom stereocenters. The van der Waals surface area contributed by atoms with Crippen molar-refractivity contribution >= 4 is 16.7 Å². The van der Waals surface area contributed by atoms with Gasteiger partial charge in [-0.05, 0) is 26.0 Å². The van der Waals surface area contributed by atoms with Crippen LogP contribution in [0.2, 0.25) is 0 Å². The van der Waals surface area contributed by atoms with Crippen LogP contribution in [0.25, 0.3) is 22.2 Å². The molecule has 1 atom stereocenters. The van der Waals surface area contributed by atoms with Crippen molar-refractivity contribution in [1.82, 2.24) is 25.5 Å². The number of H-pyrrole nitrogens is 2. The van der Waals surface area contributed by atoms with E-state index >= 15 is 0 Å². The zero-order chi connectivity index (χ0) is 14.9. The first-order valence-electron chi connectivity index (χ1n) is 7.74. The molecular formula is C16H20N6. The maximum Gasteiger partial charge on any atom is 0.139 e. The zero-order valence-electron chi connectivity index (χ0n) is 12.6. The zero-order valence-corrected chi connectivity index (χ0v) is 12.6. The van der Waals surface area contributed by atoms with Crippen LogP contribution < -0.4 is 10.2 Å². The number of hydrogen-bond acceptors (Lipinski definition) is 4. The molecule has 4 rings (SSSR count). The summed E-state index contributed by atoms with van der Waals surface area (Å²) in [6, 6.07) is 2.67. The van der Waals surface area contributed by atoms with Crippen molar-refractivity contribution in [1.29, 1.82) is 0 Å². The molecule has 6 heteroatoms. The quantitative estimate of drug-likeness (QED) is 0.692. The number of piperidine rings is 1. The predicted octanol–water partition coefficient (Wildman–Crippen LogP) is 2.14. The molecule has 1 aliphatic rings. The first-order chi connectivity index (χ1) is 10.9. The summed E-state index contributed by atoms with van der Waals surface area (Å²) in [5.74, 6) is 0. The number of pyridine rings is 1. The first kappa shape index (κ1) is 13.3. The normalized spacial score (nSPS) is 19.0. The summed E-state index contributed by atoms with van der Waals surface area (Å²) in [5.41, 5.74) is 4.42. The third kappa shape index (κ3) is 2.16. The number of likely N-dealkylation sites (N-methyl/N-ethyl adjacent to an activating group) is 1. The van der Waals surface area contributed by atoms with E-state index in [9.17, 15) is 0 Å². The standard InChI is InChI=1S/C16H20N6/c1-17-12-3-2-6-22(10-12)14-4-5-18-16-15(14)13(9-19-16)11-7-20-21-8-11/h4-5,7-9,12,17H,2-3,6,10H2,1H3,(H,18,19)(H,20,21)/t12-/m1/s1. The number of fused-ring (bicyclic) bond motifs is 1. The molecule has 1 saturated heterocycles. The SMILES string of the molecule is CN[C@@H]1CCCN(c2ccnc3[nH]cc(-c4cn[nH]c4)c23)C1. The first-order valence-corrected chi connectivity index (χ1v) is 7.74. The van der Waals surface area contributed by atoms with Gasteiger partial charge in [0.1, 0.15) is 5.65 Å². The Kier molecular flexibility index (Phi) is 3.31. The molecule has 0 aromatic carbocycles. The fourth-order valence-electron chi connectivity index (χ4n) is 3.36. The van der Waals surface area contributed by atoms with E-state index in [0.29, 0.717) is 6.04 Å². The second-order valence-electron chi connectivity index (χ2n) is 5.82. The molecule has 114 valence electrons. The predicted molar refractivity (Wildman–Crippen MR) is 88.0 cm³/mol. The summed E-state index contributed by atoms with van der Waals surface area (Å²) >= 11 is 0. The van der Waals surface area contributed by atoms with Gasteiger partial charge in [0, 0.05) is 54.5 Å². The molecule has 0 saturated carbocycles. The molecule has 1 fully saturated rings. The topological polar surface area (TPSA) is 72.6 Å². The fourth-order valence-corrected chi connectivity index (χ4v) is 3.36. The molecule has 0 spiro atoms. The summed E-state index contributed by atoms with van der Waals surface area (Å²) in [7, 11) is 2.05. The van der Waals surface area contributed by atoms with Gasteiger partial charge in [0.05, 0.1) is 11.6 Å². The number of anilines is 1. The van der Waals surface area contributed by atoms with Crippen molar-refractivity contribution < 1.29 is 0 Å². The third-order valence-corrected chi connectivity index (χ3v) is 4.53. The van der Waals surface area contributed by atoms with Gasteiger partial charge in [-0.25, -0.2) is 4.98 Å². The van der Waals surface area contributed by atoms with Crippen molar-refractivity contribution in [2.75, 3.05) is 25.0 Å². The van der Waals surface area contributed by atoms with Crippen molar-refractivity contribution in [3.05, 3.63) is 30.9 Å². The Bertz CT molecular complexity index is 760. The van der Waals surface area contributed by atoms with Crippen LogP contribution in [-0.2, 0) is 0 Å². The highest BCUT2D eigenvalue weighted by atomic mass is 15.2. The number of aromatic nitrogens is 4. The highest BCUT2D eigenvalue weighted by molar-refractivity contribution is 6.02. The summed E-state index contributed by atoms with van der Waals surface area (Å²) in [5, 5.41) is 11.5. The molecule has 0 bridgehead atoms. The van der Waals surface area contributed by atoms with Gasteiger partial charge in [-0.15, -0.1) is 0 Å². The molecule has 22 heavy (non-hydrogen) atoms. The van der Waals surface area contributed by atoms with Crippen LogP contribution in [0.5, 0.6) is 0 Å². The van der Waals surface area contributed by atoms with Crippen molar-refractivity contribution in [3.8, 4) is 11.1 Å². The van der Waals surface area contributed by atoms with Crippen LogP contribution in [0.4, 0.5) is 5.69 Å². The Morgan fingerprint density at radius 2 is 2.32 bits per heavy atom. The molecule has 0 amide bonds. The Balaban J connectivity index is 1.82. The number of nitrogens with one attached hydrogen (secondary N) is 3. The van der Waals surface area contributed by atoms with E-state index in [2.05, 4.69) is 36.4 Å². The minimum atomic E-state index is 0.549. The average Bonchev–Trinajstić information content (AvgIpc) is 3.23. The second-order valence-corrected chi connectivity index (χ2v) is 5.82. The molecule has 3 aromatic heterocycles. The fraction of sp³-hybridized carbons (Fsp3) is 0.375. The van der Waals surface area contributed by atoms with Crippen LogP contribution in [0.3, 0.4) is 0 Å². The van der Waals surface area contributed by atoms with E-state index in [0.717, 1.165) is 29.9 Å². The average molecular weight is 296 g/mol. The van der Waals surface area contributed by atoms with Gasteiger partial charge in [-0.1, -0.05) is 0 Å². The lowest BCUT2D eigenvalue weighted by Gasteiger charge is -2.34. The summed E-state index contributed by atoms with van der Waals surface area (Å²) in [6.07, 6.45) is 10.1. The van der Waals surface area contributed by atoms with E-state index in [4.69, 9.17) is 0 Å². The number of nitrogens with zero attached hydrogens (tertiary/aromatic N) is 3. The molecule has 1 aliphatic heterocycles.